The Morgan fingerprint density at radius 2 is 2.08 bits per heavy atom. The van der Waals surface area contributed by atoms with Crippen molar-refractivity contribution in [3.63, 3.8) is 0 Å². The molecule has 0 aliphatic carbocycles. The zero-order valence-electron chi connectivity index (χ0n) is 7.76. The molecule has 0 saturated heterocycles. The second-order valence-electron chi connectivity index (χ2n) is 3.15. The van der Waals surface area contributed by atoms with E-state index in [1.165, 1.54) is 18.4 Å². The van der Waals surface area contributed by atoms with Crippen molar-refractivity contribution in [1.82, 2.24) is 0 Å². The number of halogens is 2. The summed E-state index contributed by atoms with van der Waals surface area (Å²) < 4.78 is 0. The van der Waals surface area contributed by atoms with Crippen LogP contribution in [-0.4, -0.2) is 0 Å². The van der Waals surface area contributed by atoms with Crippen molar-refractivity contribution in [2.45, 2.75) is 31.0 Å². The largest absolute Gasteiger partial charge is 0.132 e. The predicted molar refractivity (Wildman–Crippen MR) is 59.5 cm³/mol. The summed E-state index contributed by atoms with van der Waals surface area (Å²) in [5, 5.41) is 0. The van der Waals surface area contributed by atoms with E-state index in [1.54, 1.807) is 0 Å². The van der Waals surface area contributed by atoms with Crippen LogP contribution >= 0.6 is 23.2 Å². The van der Waals surface area contributed by atoms with Gasteiger partial charge in [0.2, 0.25) is 0 Å². The zero-order valence-corrected chi connectivity index (χ0v) is 9.28. The number of benzene rings is 1. The molecule has 0 atom stereocenters. The van der Waals surface area contributed by atoms with E-state index < -0.39 is 4.84 Å². The Hall–Kier alpha value is -0.200. The van der Waals surface area contributed by atoms with Gasteiger partial charge in [0.1, 0.15) is 4.84 Å². The molecule has 0 heterocycles. The first-order chi connectivity index (χ1) is 6.24. The lowest BCUT2D eigenvalue weighted by Gasteiger charge is -2.04. The highest BCUT2D eigenvalue weighted by Gasteiger charge is 2.02. The topological polar surface area (TPSA) is 0 Å². The number of aryl methyl sites for hydroxylation is 1. The van der Waals surface area contributed by atoms with Crippen molar-refractivity contribution in [3.05, 3.63) is 35.4 Å². The van der Waals surface area contributed by atoms with E-state index in [4.69, 9.17) is 23.2 Å². The standard InChI is InChI=1S/C11H14Cl2/c1-2-3-5-9-6-4-7-10(8-9)11(12)13/h4,6-8,11H,2-3,5H2,1H3. The molecule has 0 aliphatic heterocycles. The molecule has 0 amide bonds. The first-order valence-corrected chi connectivity index (χ1v) is 5.48. The quantitative estimate of drug-likeness (QED) is 0.651. The summed E-state index contributed by atoms with van der Waals surface area (Å²) in [4.78, 5) is -0.401. The summed E-state index contributed by atoms with van der Waals surface area (Å²) in [7, 11) is 0. The molecule has 0 unspecified atom stereocenters. The van der Waals surface area contributed by atoms with Crippen LogP contribution in [0.5, 0.6) is 0 Å². The van der Waals surface area contributed by atoms with E-state index in [-0.39, 0.29) is 0 Å². The highest BCUT2D eigenvalue weighted by Crippen LogP contribution is 2.25. The van der Waals surface area contributed by atoms with E-state index in [2.05, 4.69) is 19.1 Å². The Kier molecular flexibility index (Phi) is 4.61. The van der Waals surface area contributed by atoms with Gasteiger partial charge >= 0.3 is 0 Å². The zero-order chi connectivity index (χ0) is 9.68. The molecule has 13 heavy (non-hydrogen) atoms. The average molecular weight is 217 g/mol. The Balaban J connectivity index is 2.68. The molecule has 0 N–H and O–H groups in total. The van der Waals surface area contributed by atoms with Gasteiger partial charge in [-0.3, -0.25) is 0 Å². The van der Waals surface area contributed by atoms with E-state index in [0.717, 1.165) is 12.0 Å². The molecule has 0 bridgehead atoms. The van der Waals surface area contributed by atoms with Crippen LogP contribution < -0.4 is 0 Å². The van der Waals surface area contributed by atoms with Crippen molar-refractivity contribution >= 4 is 23.2 Å². The molecule has 0 aromatic heterocycles. The second kappa shape index (κ2) is 5.51. The first kappa shape index (κ1) is 10.9. The lowest BCUT2D eigenvalue weighted by Crippen LogP contribution is -1.87. The summed E-state index contributed by atoms with van der Waals surface area (Å²) in [6.45, 7) is 2.19. The van der Waals surface area contributed by atoms with E-state index >= 15 is 0 Å². The molecule has 0 fully saturated rings. The number of unbranched alkanes of at least 4 members (excludes halogenated alkanes) is 1. The summed E-state index contributed by atoms with van der Waals surface area (Å²) in [5.41, 5.74) is 2.32. The molecule has 1 aromatic rings. The van der Waals surface area contributed by atoms with Gasteiger partial charge in [0.25, 0.3) is 0 Å². The molecule has 0 nitrogen and oxygen atoms in total. The summed E-state index contributed by atoms with van der Waals surface area (Å²) >= 11 is 11.5. The first-order valence-electron chi connectivity index (χ1n) is 4.61. The average Bonchev–Trinajstić information content (AvgIpc) is 2.15. The van der Waals surface area contributed by atoms with Crippen LogP contribution in [0.2, 0.25) is 0 Å². The van der Waals surface area contributed by atoms with E-state index in [1.807, 2.05) is 12.1 Å². The maximum atomic E-state index is 5.77. The van der Waals surface area contributed by atoms with Gasteiger partial charge in [-0.2, -0.15) is 0 Å². The number of hydrogen-bond acceptors (Lipinski definition) is 0. The molecule has 0 spiro atoms. The minimum atomic E-state index is -0.401. The summed E-state index contributed by atoms with van der Waals surface area (Å²) in [6, 6.07) is 8.17. The maximum Gasteiger partial charge on any atom is 0.132 e. The molecular weight excluding hydrogens is 203 g/mol. The van der Waals surface area contributed by atoms with Crippen LogP contribution in [0.4, 0.5) is 0 Å². The smallest absolute Gasteiger partial charge is 0.100 e. The van der Waals surface area contributed by atoms with Crippen molar-refractivity contribution in [3.8, 4) is 0 Å². The fourth-order valence-electron chi connectivity index (χ4n) is 1.27. The molecule has 1 rings (SSSR count). The third kappa shape index (κ3) is 3.58. The Labute approximate surface area is 89.9 Å². The normalized spacial score (nSPS) is 10.8. The highest BCUT2D eigenvalue weighted by atomic mass is 35.5. The Morgan fingerprint density at radius 1 is 1.31 bits per heavy atom. The number of alkyl halides is 2. The predicted octanol–water partition coefficient (Wildman–Crippen LogP) is 4.51. The third-order valence-electron chi connectivity index (χ3n) is 2.02. The molecule has 0 aliphatic rings. The van der Waals surface area contributed by atoms with Gasteiger partial charge < -0.3 is 0 Å². The second-order valence-corrected chi connectivity index (χ2v) is 4.25. The van der Waals surface area contributed by atoms with Crippen LogP contribution in [0.25, 0.3) is 0 Å². The van der Waals surface area contributed by atoms with Gasteiger partial charge in [-0.15, -0.1) is 23.2 Å². The van der Waals surface area contributed by atoms with Crippen molar-refractivity contribution < 1.29 is 0 Å². The van der Waals surface area contributed by atoms with E-state index in [9.17, 15) is 0 Å². The SMILES string of the molecule is CCCCc1cccc(C(Cl)Cl)c1. The third-order valence-corrected chi connectivity index (χ3v) is 2.53. The van der Waals surface area contributed by atoms with Crippen LogP contribution in [-0.2, 0) is 6.42 Å². The summed E-state index contributed by atoms with van der Waals surface area (Å²) in [5.74, 6) is 0. The fourth-order valence-corrected chi connectivity index (χ4v) is 1.54. The van der Waals surface area contributed by atoms with E-state index in [0.29, 0.717) is 0 Å². The van der Waals surface area contributed by atoms with Gasteiger partial charge in [-0.25, -0.2) is 0 Å². The lowest BCUT2D eigenvalue weighted by atomic mass is 10.1. The van der Waals surface area contributed by atoms with Crippen LogP contribution in [0.1, 0.15) is 35.7 Å². The van der Waals surface area contributed by atoms with Crippen LogP contribution in [0.3, 0.4) is 0 Å². The van der Waals surface area contributed by atoms with Crippen molar-refractivity contribution in [2.75, 3.05) is 0 Å². The number of hydrogen-bond donors (Lipinski definition) is 0. The van der Waals surface area contributed by atoms with Gasteiger partial charge in [0.15, 0.2) is 0 Å². The van der Waals surface area contributed by atoms with Gasteiger partial charge in [0, 0.05) is 0 Å². The number of rotatable bonds is 4. The van der Waals surface area contributed by atoms with Gasteiger partial charge in [-0.05, 0) is 24.0 Å². The van der Waals surface area contributed by atoms with Crippen LogP contribution in [0, 0.1) is 0 Å². The highest BCUT2D eigenvalue weighted by molar-refractivity contribution is 6.44. The molecule has 2 heteroatoms. The van der Waals surface area contributed by atoms with Gasteiger partial charge in [0.05, 0.1) is 0 Å². The molecule has 0 saturated carbocycles. The summed E-state index contributed by atoms with van der Waals surface area (Å²) in [6.07, 6.45) is 3.55. The van der Waals surface area contributed by atoms with Gasteiger partial charge in [-0.1, -0.05) is 37.6 Å². The minimum Gasteiger partial charge on any atom is -0.100 e. The lowest BCUT2D eigenvalue weighted by molar-refractivity contribution is 0.794. The minimum absolute atomic E-state index is 0.401. The van der Waals surface area contributed by atoms with Crippen molar-refractivity contribution in [2.24, 2.45) is 0 Å². The Bertz CT molecular complexity index is 256. The van der Waals surface area contributed by atoms with Crippen molar-refractivity contribution in [1.29, 1.82) is 0 Å². The molecule has 1 aromatic carbocycles. The maximum absolute atomic E-state index is 5.77. The Morgan fingerprint density at radius 3 is 2.69 bits per heavy atom. The fraction of sp³-hybridized carbons (Fsp3) is 0.455. The monoisotopic (exact) mass is 216 g/mol. The van der Waals surface area contributed by atoms with Crippen LogP contribution in [0.15, 0.2) is 24.3 Å². The molecular formula is C11H14Cl2. The molecule has 0 radical (unpaired) electrons. The molecule has 72 valence electrons.